The van der Waals surface area contributed by atoms with E-state index in [1.165, 1.54) is 0 Å². The fourth-order valence-electron chi connectivity index (χ4n) is 1.78. The Morgan fingerprint density at radius 1 is 1.33 bits per heavy atom. The molecule has 0 aliphatic rings. The van der Waals surface area contributed by atoms with E-state index in [0.717, 1.165) is 11.8 Å². The van der Waals surface area contributed by atoms with Gasteiger partial charge in [-0.3, -0.25) is 0 Å². The third-order valence-corrected chi connectivity index (χ3v) is 2.77. The first-order chi connectivity index (χ1) is 8.74. The maximum atomic E-state index is 10.9. The Morgan fingerprint density at radius 3 is 2.61 bits per heavy atom. The van der Waals surface area contributed by atoms with E-state index in [9.17, 15) is 4.79 Å². The molecular weight excluding hydrogens is 230 g/mol. The summed E-state index contributed by atoms with van der Waals surface area (Å²) >= 11 is 0. The zero-order valence-electron chi connectivity index (χ0n) is 10.7. The second-order valence-electron chi connectivity index (χ2n) is 3.99. The van der Waals surface area contributed by atoms with Gasteiger partial charge in [0.25, 0.3) is 0 Å². The van der Waals surface area contributed by atoms with E-state index in [4.69, 9.17) is 14.7 Å². The van der Waals surface area contributed by atoms with Crippen LogP contribution in [0.15, 0.2) is 18.2 Å². The molecule has 1 aromatic rings. The Morgan fingerprint density at radius 2 is 2.06 bits per heavy atom. The summed E-state index contributed by atoms with van der Waals surface area (Å²) in [6.45, 7) is 0. The average Bonchev–Trinajstić information content (AvgIpc) is 2.43. The largest absolute Gasteiger partial charge is 0.493 e. The van der Waals surface area contributed by atoms with Crippen LogP contribution in [0.3, 0.4) is 0 Å². The van der Waals surface area contributed by atoms with Crippen LogP contribution in [0, 0.1) is 17.2 Å². The normalized spacial score (nSPS) is 11.4. The molecule has 0 aliphatic heterocycles. The van der Waals surface area contributed by atoms with Gasteiger partial charge in [0.1, 0.15) is 6.29 Å². The predicted octanol–water partition coefficient (Wildman–Crippen LogP) is 2.37. The minimum absolute atomic E-state index is 0.122. The van der Waals surface area contributed by atoms with Gasteiger partial charge in [-0.1, -0.05) is 6.07 Å². The van der Waals surface area contributed by atoms with Crippen molar-refractivity contribution in [3.8, 4) is 17.6 Å². The van der Waals surface area contributed by atoms with Crippen molar-refractivity contribution in [1.82, 2.24) is 0 Å². The molecule has 96 valence electrons. The van der Waals surface area contributed by atoms with E-state index < -0.39 is 0 Å². The molecule has 1 aromatic carbocycles. The molecule has 0 fully saturated rings. The smallest absolute Gasteiger partial charge is 0.160 e. The lowest BCUT2D eigenvalue weighted by Crippen LogP contribution is -2.06. The lowest BCUT2D eigenvalue weighted by Gasteiger charge is -2.12. The first-order valence-corrected chi connectivity index (χ1v) is 5.78. The van der Waals surface area contributed by atoms with Gasteiger partial charge < -0.3 is 14.3 Å². The van der Waals surface area contributed by atoms with E-state index in [-0.39, 0.29) is 5.92 Å². The fraction of sp³-hybridized carbons (Fsp3) is 0.429. The van der Waals surface area contributed by atoms with Crippen molar-refractivity contribution in [2.75, 3.05) is 14.2 Å². The third kappa shape index (κ3) is 3.77. The molecule has 4 nitrogen and oxygen atoms in total. The summed E-state index contributed by atoms with van der Waals surface area (Å²) in [5.74, 6) is 1.20. The quantitative estimate of drug-likeness (QED) is 0.694. The van der Waals surface area contributed by atoms with Crippen LogP contribution in [0.2, 0.25) is 0 Å². The van der Waals surface area contributed by atoms with Gasteiger partial charge in [0, 0.05) is 12.3 Å². The minimum Gasteiger partial charge on any atom is -0.493 e. The number of hydrogen-bond donors (Lipinski definition) is 0. The predicted molar refractivity (Wildman–Crippen MR) is 67.7 cm³/mol. The summed E-state index contributed by atoms with van der Waals surface area (Å²) in [4.78, 5) is 10.9. The van der Waals surface area contributed by atoms with Gasteiger partial charge in [0.2, 0.25) is 0 Å². The Bertz CT molecular complexity index is 437. The highest BCUT2D eigenvalue weighted by atomic mass is 16.5. The maximum Gasteiger partial charge on any atom is 0.160 e. The monoisotopic (exact) mass is 247 g/mol. The van der Waals surface area contributed by atoms with Gasteiger partial charge in [0.15, 0.2) is 11.5 Å². The number of ether oxygens (including phenoxy) is 2. The molecule has 0 spiro atoms. The van der Waals surface area contributed by atoms with Crippen molar-refractivity contribution in [3.05, 3.63) is 23.8 Å². The van der Waals surface area contributed by atoms with Crippen molar-refractivity contribution < 1.29 is 14.3 Å². The van der Waals surface area contributed by atoms with Crippen LogP contribution < -0.4 is 9.47 Å². The molecule has 0 saturated heterocycles. The highest BCUT2D eigenvalue weighted by Gasteiger charge is 2.11. The number of aldehydes is 1. The van der Waals surface area contributed by atoms with E-state index in [1.807, 2.05) is 18.2 Å². The first kappa shape index (κ1) is 14.0. The number of rotatable bonds is 7. The van der Waals surface area contributed by atoms with Gasteiger partial charge in [-0.25, -0.2) is 0 Å². The van der Waals surface area contributed by atoms with Crippen LogP contribution >= 0.6 is 0 Å². The van der Waals surface area contributed by atoms with E-state index in [1.54, 1.807) is 14.2 Å². The number of hydrogen-bond acceptors (Lipinski definition) is 4. The molecule has 0 saturated carbocycles. The molecule has 1 unspecified atom stereocenters. The lowest BCUT2D eigenvalue weighted by atomic mass is 9.96. The number of nitrogens with zero attached hydrogens (tertiary/aromatic N) is 1. The van der Waals surface area contributed by atoms with Crippen molar-refractivity contribution >= 4 is 6.29 Å². The Balaban J connectivity index is 2.77. The molecule has 18 heavy (non-hydrogen) atoms. The fourth-order valence-corrected chi connectivity index (χ4v) is 1.78. The number of carbonyl (C=O) groups is 1. The summed E-state index contributed by atoms with van der Waals surface area (Å²) in [5, 5.41) is 8.52. The maximum absolute atomic E-state index is 10.9. The summed E-state index contributed by atoms with van der Waals surface area (Å²) < 4.78 is 10.4. The van der Waals surface area contributed by atoms with E-state index >= 15 is 0 Å². The minimum atomic E-state index is -0.122. The second-order valence-corrected chi connectivity index (χ2v) is 3.99. The van der Waals surface area contributed by atoms with E-state index in [2.05, 4.69) is 6.07 Å². The molecule has 4 heteroatoms. The molecule has 1 rings (SSSR count). The number of carbonyl (C=O) groups excluding carboxylic acids is 1. The Hall–Kier alpha value is -2.02. The highest BCUT2D eigenvalue weighted by Crippen LogP contribution is 2.28. The number of methoxy groups -OCH3 is 2. The van der Waals surface area contributed by atoms with Crippen LogP contribution in [0.1, 0.15) is 18.4 Å². The van der Waals surface area contributed by atoms with Crippen LogP contribution in [0.25, 0.3) is 0 Å². The topological polar surface area (TPSA) is 59.3 Å². The summed E-state index contributed by atoms with van der Waals surface area (Å²) in [6, 6.07) is 7.65. The summed E-state index contributed by atoms with van der Waals surface area (Å²) in [7, 11) is 3.16. The van der Waals surface area contributed by atoms with Crippen LogP contribution in [0.4, 0.5) is 0 Å². The molecule has 0 aliphatic carbocycles. The summed E-state index contributed by atoms with van der Waals surface area (Å²) in [5.41, 5.74) is 1.00. The Kier molecular flexibility index (Phi) is 5.72. The van der Waals surface area contributed by atoms with Gasteiger partial charge in [-0.05, 0) is 30.5 Å². The van der Waals surface area contributed by atoms with Crippen LogP contribution in [-0.2, 0) is 11.2 Å². The SMILES string of the molecule is COc1ccc(CC(C=O)CCC#N)cc1OC. The molecule has 0 aromatic heterocycles. The van der Waals surface area contributed by atoms with Crippen LogP contribution in [0.5, 0.6) is 11.5 Å². The van der Waals surface area contributed by atoms with Crippen molar-refractivity contribution in [1.29, 1.82) is 5.26 Å². The standard InChI is InChI=1S/C14H17NO3/c1-17-13-6-5-11(9-14(13)18-2)8-12(10-16)4-3-7-15/h5-6,9-10,12H,3-4,8H2,1-2H3. The number of benzene rings is 1. The third-order valence-electron chi connectivity index (χ3n) is 2.77. The molecule has 0 amide bonds. The van der Waals surface area contributed by atoms with Gasteiger partial charge in [-0.2, -0.15) is 5.26 Å². The van der Waals surface area contributed by atoms with Crippen LogP contribution in [-0.4, -0.2) is 20.5 Å². The molecule has 1 atom stereocenters. The zero-order valence-corrected chi connectivity index (χ0v) is 10.7. The number of nitriles is 1. The second kappa shape index (κ2) is 7.33. The van der Waals surface area contributed by atoms with Gasteiger partial charge in [-0.15, -0.1) is 0 Å². The summed E-state index contributed by atoms with van der Waals surface area (Å²) in [6.07, 6.45) is 2.52. The Labute approximate surface area is 107 Å². The molecule has 0 radical (unpaired) electrons. The van der Waals surface area contributed by atoms with Crippen molar-refractivity contribution in [2.24, 2.45) is 5.92 Å². The van der Waals surface area contributed by atoms with E-state index in [0.29, 0.717) is 30.8 Å². The average molecular weight is 247 g/mol. The molecule has 0 bridgehead atoms. The van der Waals surface area contributed by atoms with Crippen molar-refractivity contribution in [2.45, 2.75) is 19.3 Å². The molecule has 0 N–H and O–H groups in total. The first-order valence-electron chi connectivity index (χ1n) is 5.78. The molecule has 0 heterocycles. The van der Waals surface area contributed by atoms with Crippen molar-refractivity contribution in [3.63, 3.8) is 0 Å². The van der Waals surface area contributed by atoms with Gasteiger partial charge in [0.05, 0.1) is 20.3 Å². The highest BCUT2D eigenvalue weighted by molar-refractivity contribution is 5.55. The van der Waals surface area contributed by atoms with Gasteiger partial charge >= 0.3 is 0 Å². The molecular formula is C14H17NO3. The lowest BCUT2D eigenvalue weighted by molar-refractivity contribution is -0.111. The zero-order chi connectivity index (χ0) is 13.4.